The summed E-state index contributed by atoms with van der Waals surface area (Å²) in [4.78, 5) is 18.4. The molecule has 5 heteroatoms. The Morgan fingerprint density at radius 3 is 3.00 bits per heavy atom. The molecule has 1 heterocycles. The molecule has 0 saturated carbocycles. The van der Waals surface area contributed by atoms with Gasteiger partial charge in [0, 0.05) is 11.9 Å². The Kier molecular flexibility index (Phi) is 2.83. The van der Waals surface area contributed by atoms with Crippen LogP contribution in [0.25, 0.3) is 11.0 Å². The molecule has 0 bridgehead atoms. The molecule has 1 unspecified atom stereocenters. The minimum atomic E-state index is -0.135. The lowest BCUT2D eigenvalue weighted by Crippen LogP contribution is -2.24. The van der Waals surface area contributed by atoms with Crippen molar-refractivity contribution in [2.24, 2.45) is 0 Å². The van der Waals surface area contributed by atoms with E-state index in [4.69, 9.17) is 11.6 Å². The first-order chi connectivity index (χ1) is 7.56. The van der Waals surface area contributed by atoms with Crippen LogP contribution < -0.4 is 5.32 Å². The average molecular weight is 238 g/mol. The van der Waals surface area contributed by atoms with Crippen LogP contribution in [-0.2, 0) is 4.79 Å². The fourth-order valence-electron chi connectivity index (χ4n) is 1.58. The van der Waals surface area contributed by atoms with E-state index in [2.05, 4.69) is 15.3 Å². The molecule has 0 aliphatic carbocycles. The van der Waals surface area contributed by atoms with Crippen LogP contribution in [0.5, 0.6) is 0 Å². The molecule has 1 amide bonds. The third kappa shape index (κ3) is 2.17. The number of rotatable bonds is 2. The maximum atomic E-state index is 10.9. The molecule has 2 rings (SSSR count). The van der Waals surface area contributed by atoms with E-state index in [-0.39, 0.29) is 11.9 Å². The molecule has 84 valence electrons. The van der Waals surface area contributed by atoms with Gasteiger partial charge >= 0.3 is 0 Å². The fourth-order valence-corrected chi connectivity index (χ4v) is 1.75. The van der Waals surface area contributed by atoms with Crippen molar-refractivity contribution >= 4 is 28.5 Å². The molecule has 0 fully saturated rings. The molecule has 0 radical (unpaired) electrons. The monoisotopic (exact) mass is 237 g/mol. The Morgan fingerprint density at radius 2 is 2.31 bits per heavy atom. The lowest BCUT2D eigenvalue weighted by atomic mass is 10.3. The van der Waals surface area contributed by atoms with Crippen molar-refractivity contribution in [3.05, 3.63) is 29.0 Å². The Balaban J connectivity index is 2.35. The normalized spacial score (nSPS) is 12.7. The zero-order valence-corrected chi connectivity index (χ0v) is 9.80. The van der Waals surface area contributed by atoms with Crippen molar-refractivity contribution in [1.82, 2.24) is 15.3 Å². The van der Waals surface area contributed by atoms with E-state index in [0.29, 0.717) is 5.02 Å². The van der Waals surface area contributed by atoms with Crippen LogP contribution >= 0.6 is 11.6 Å². The van der Waals surface area contributed by atoms with Gasteiger partial charge in [-0.05, 0) is 25.1 Å². The summed E-state index contributed by atoms with van der Waals surface area (Å²) in [6, 6.07) is 5.31. The number of fused-ring (bicyclic) bond motifs is 1. The Labute approximate surface area is 98.0 Å². The SMILES string of the molecule is CC(=O)NC(C)c1nc2ccc(Cl)cc2[nH]1. The molecular weight excluding hydrogens is 226 g/mol. The molecule has 1 aromatic carbocycles. The molecule has 1 atom stereocenters. The third-order valence-corrected chi connectivity index (χ3v) is 2.53. The Hall–Kier alpha value is -1.55. The number of benzene rings is 1. The number of nitrogens with zero attached hydrogens (tertiary/aromatic N) is 1. The van der Waals surface area contributed by atoms with Gasteiger partial charge in [0.1, 0.15) is 5.82 Å². The number of aromatic amines is 1. The number of H-pyrrole nitrogens is 1. The molecule has 2 aromatic rings. The minimum Gasteiger partial charge on any atom is -0.347 e. The predicted molar refractivity (Wildman–Crippen MR) is 63.3 cm³/mol. The second-order valence-corrected chi connectivity index (χ2v) is 4.14. The van der Waals surface area contributed by atoms with Gasteiger partial charge < -0.3 is 10.3 Å². The Morgan fingerprint density at radius 1 is 1.56 bits per heavy atom. The maximum Gasteiger partial charge on any atom is 0.217 e. The third-order valence-electron chi connectivity index (χ3n) is 2.29. The molecule has 16 heavy (non-hydrogen) atoms. The number of carbonyl (C=O) groups is 1. The van der Waals surface area contributed by atoms with Gasteiger partial charge in [0.25, 0.3) is 0 Å². The minimum absolute atomic E-state index is 0.0778. The molecule has 0 spiro atoms. The van der Waals surface area contributed by atoms with E-state index >= 15 is 0 Å². The summed E-state index contributed by atoms with van der Waals surface area (Å²) in [5.41, 5.74) is 1.72. The topological polar surface area (TPSA) is 57.8 Å². The van der Waals surface area contributed by atoms with Crippen molar-refractivity contribution in [3.63, 3.8) is 0 Å². The first kappa shape index (κ1) is 11.0. The van der Waals surface area contributed by atoms with Crippen molar-refractivity contribution in [3.8, 4) is 0 Å². The molecule has 0 aliphatic rings. The number of nitrogens with one attached hydrogen (secondary N) is 2. The van der Waals surface area contributed by atoms with Gasteiger partial charge in [-0.2, -0.15) is 0 Å². The summed E-state index contributed by atoms with van der Waals surface area (Å²) in [7, 11) is 0. The number of aromatic nitrogens is 2. The number of halogens is 1. The summed E-state index contributed by atoms with van der Waals surface area (Å²) in [6.07, 6.45) is 0. The first-order valence-electron chi connectivity index (χ1n) is 4.98. The number of imidazole rings is 1. The fraction of sp³-hybridized carbons (Fsp3) is 0.273. The van der Waals surface area contributed by atoms with Crippen LogP contribution in [0, 0.1) is 0 Å². The van der Waals surface area contributed by atoms with Gasteiger partial charge in [0.05, 0.1) is 17.1 Å². The lowest BCUT2D eigenvalue weighted by molar-refractivity contribution is -0.119. The summed E-state index contributed by atoms with van der Waals surface area (Å²) >= 11 is 5.87. The zero-order chi connectivity index (χ0) is 11.7. The zero-order valence-electron chi connectivity index (χ0n) is 9.04. The molecule has 4 nitrogen and oxygen atoms in total. The highest BCUT2D eigenvalue weighted by molar-refractivity contribution is 6.31. The number of carbonyl (C=O) groups excluding carboxylic acids is 1. The summed E-state index contributed by atoms with van der Waals surface area (Å²) in [5, 5.41) is 3.43. The van der Waals surface area contributed by atoms with E-state index in [1.807, 2.05) is 19.1 Å². The molecule has 2 N–H and O–H groups in total. The van der Waals surface area contributed by atoms with Crippen LogP contribution in [0.3, 0.4) is 0 Å². The largest absolute Gasteiger partial charge is 0.347 e. The highest BCUT2D eigenvalue weighted by atomic mass is 35.5. The first-order valence-corrected chi connectivity index (χ1v) is 5.36. The van der Waals surface area contributed by atoms with Gasteiger partial charge in [-0.25, -0.2) is 4.98 Å². The van der Waals surface area contributed by atoms with Gasteiger partial charge in [0.15, 0.2) is 0 Å². The highest BCUT2D eigenvalue weighted by Crippen LogP contribution is 2.19. The van der Waals surface area contributed by atoms with Crippen LogP contribution in [0.2, 0.25) is 5.02 Å². The summed E-state index contributed by atoms with van der Waals surface area (Å²) in [5.74, 6) is 0.651. The van der Waals surface area contributed by atoms with Crippen molar-refractivity contribution in [2.75, 3.05) is 0 Å². The molecule has 0 saturated heterocycles. The van der Waals surface area contributed by atoms with E-state index < -0.39 is 0 Å². The van der Waals surface area contributed by atoms with E-state index in [1.165, 1.54) is 6.92 Å². The molecule has 0 aliphatic heterocycles. The lowest BCUT2D eigenvalue weighted by Gasteiger charge is -2.08. The predicted octanol–water partition coefficient (Wildman–Crippen LogP) is 2.41. The maximum absolute atomic E-state index is 10.9. The standard InChI is InChI=1S/C11H12ClN3O/c1-6(13-7(2)16)11-14-9-4-3-8(12)5-10(9)15-11/h3-6H,1-2H3,(H,13,16)(H,14,15). The highest BCUT2D eigenvalue weighted by Gasteiger charge is 2.11. The number of hydrogen-bond donors (Lipinski definition) is 2. The number of amides is 1. The summed E-state index contributed by atoms with van der Waals surface area (Å²) in [6.45, 7) is 3.36. The quantitative estimate of drug-likeness (QED) is 0.843. The van der Waals surface area contributed by atoms with Gasteiger partial charge in [-0.3, -0.25) is 4.79 Å². The van der Waals surface area contributed by atoms with E-state index in [9.17, 15) is 4.79 Å². The van der Waals surface area contributed by atoms with Crippen molar-refractivity contribution < 1.29 is 4.79 Å². The van der Waals surface area contributed by atoms with Crippen molar-refractivity contribution in [1.29, 1.82) is 0 Å². The number of hydrogen-bond acceptors (Lipinski definition) is 2. The van der Waals surface area contributed by atoms with Crippen LogP contribution in [0.4, 0.5) is 0 Å². The van der Waals surface area contributed by atoms with E-state index in [0.717, 1.165) is 16.9 Å². The van der Waals surface area contributed by atoms with Gasteiger partial charge in [-0.15, -0.1) is 0 Å². The second kappa shape index (κ2) is 4.14. The molecule has 1 aromatic heterocycles. The van der Waals surface area contributed by atoms with Crippen LogP contribution in [-0.4, -0.2) is 15.9 Å². The van der Waals surface area contributed by atoms with Gasteiger partial charge in [-0.1, -0.05) is 11.6 Å². The smallest absolute Gasteiger partial charge is 0.217 e. The van der Waals surface area contributed by atoms with E-state index in [1.54, 1.807) is 6.07 Å². The van der Waals surface area contributed by atoms with Crippen molar-refractivity contribution in [2.45, 2.75) is 19.9 Å². The van der Waals surface area contributed by atoms with Crippen LogP contribution in [0.15, 0.2) is 18.2 Å². The van der Waals surface area contributed by atoms with Gasteiger partial charge in [0.2, 0.25) is 5.91 Å². The second-order valence-electron chi connectivity index (χ2n) is 3.71. The molecular formula is C11H12ClN3O. The summed E-state index contributed by atoms with van der Waals surface area (Å²) < 4.78 is 0. The van der Waals surface area contributed by atoms with Crippen LogP contribution in [0.1, 0.15) is 25.7 Å². The average Bonchev–Trinajstić information content (AvgIpc) is 2.59. The Bertz CT molecular complexity index is 535.